The second kappa shape index (κ2) is 15.5. The molecule has 5 nitrogen and oxygen atoms in total. The number of benzene rings is 2. The van der Waals surface area contributed by atoms with E-state index < -0.39 is 0 Å². The Morgan fingerprint density at radius 1 is 0.789 bits per heavy atom. The third-order valence-corrected chi connectivity index (χ3v) is 7.94. The Balaban J connectivity index is 1.61. The number of hydrogen-bond donors (Lipinski definition) is 0. The van der Waals surface area contributed by atoms with E-state index in [1.54, 1.807) is 0 Å². The van der Waals surface area contributed by atoms with Gasteiger partial charge in [-0.15, -0.1) is 26.3 Å². The molecule has 0 saturated heterocycles. The fraction of sp³-hybridized carbons (Fsp3) is 0.290. The highest BCUT2D eigenvalue weighted by molar-refractivity contribution is 8.14. The smallest absolute Gasteiger partial charge is 0.194 e. The number of carbonyl (C=O) groups is 2. The summed E-state index contributed by atoms with van der Waals surface area (Å²) in [6.07, 6.45) is 8.92. The van der Waals surface area contributed by atoms with Gasteiger partial charge in [0.15, 0.2) is 10.2 Å². The quantitative estimate of drug-likeness (QED) is 0.145. The zero-order chi connectivity index (χ0) is 27.3. The lowest BCUT2D eigenvalue weighted by Crippen LogP contribution is -2.26. The van der Waals surface area contributed by atoms with E-state index in [2.05, 4.69) is 36.1 Å². The third kappa shape index (κ3) is 8.88. The van der Waals surface area contributed by atoms with Crippen LogP contribution in [0.3, 0.4) is 0 Å². The largest absolute Gasteiger partial charge is 0.457 e. The van der Waals surface area contributed by atoms with Crippen molar-refractivity contribution in [2.45, 2.75) is 29.1 Å². The summed E-state index contributed by atoms with van der Waals surface area (Å²) in [7, 11) is 0. The van der Waals surface area contributed by atoms with Crippen molar-refractivity contribution in [2.75, 3.05) is 39.3 Å². The van der Waals surface area contributed by atoms with Crippen LogP contribution >= 0.6 is 23.5 Å². The first-order valence-corrected chi connectivity index (χ1v) is 14.3. The van der Waals surface area contributed by atoms with Crippen molar-refractivity contribution < 1.29 is 14.3 Å². The molecule has 2 aromatic rings. The number of fused-ring (bicyclic) bond motifs is 2. The molecule has 0 amide bonds. The Labute approximate surface area is 235 Å². The summed E-state index contributed by atoms with van der Waals surface area (Å²) < 4.78 is 6.24. The van der Waals surface area contributed by atoms with E-state index in [1.165, 1.54) is 23.5 Å². The molecule has 0 bridgehead atoms. The van der Waals surface area contributed by atoms with Crippen molar-refractivity contribution in [3.63, 3.8) is 0 Å². The lowest BCUT2D eigenvalue weighted by Gasteiger charge is -2.23. The van der Waals surface area contributed by atoms with E-state index >= 15 is 0 Å². The van der Waals surface area contributed by atoms with Gasteiger partial charge in [-0.1, -0.05) is 60.0 Å². The van der Waals surface area contributed by atoms with Crippen LogP contribution in [0.2, 0.25) is 0 Å². The minimum absolute atomic E-state index is 0.108. The molecule has 0 fully saturated rings. The Morgan fingerprint density at radius 3 is 1.95 bits per heavy atom. The van der Waals surface area contributed by atoms with Gasteiger partial charge >= 0.3 is 0 Å². The Hall–Kier alpha value is -2.84. The molecular formula is C31H36N2O3S2. The Kier molecular flexibility index (Phi) is 12.2. The van der Waals surface area contributed by atoms with E-state index in [0.29, 0.717) is 32.4 Å². The maximum absolute atomic E-state index is 12.8. The van der Waals surface area contributed by atoms with E-state index in [1.807, 2.05) is 60.7 Å². The number of carbonyl (C=O) groups excluding carboxylic acids is 2. The van der Waals surface area contributed by atoms with Crippen LogP contribution in [0.5, 0.6) is 11.5 Å². The zero-order valence-electron chi connectivity index (χ0n) is 21.9. The molecule has 3 rings (SSSR count). The molecule has 0 unspecified atom stereocenters. The second-order valence-corrected chi connectivity index (χ2v) is 11.1. The van der Waals surface area contributed by atoms with E-state index in [4.69, 9.17) is 4.74 Å². The fourth-order valence-corrected chi connectivity index (χ4v) is 5.80. The standard InChI is InChI=1S/C31H36N2O3S2/c1-5-16-32(17-6-2)20-14-30(34)37-25-13-12-24-22-26-27(36-28(24)23-25)10-9-11-29(26)38-31(35)15-21-33(18-7-3)19-8-4/h5-13,23H,1-4,14-22H2. The first kappa shape index (κ1) is 29.7. The number of ether oxygens (including phenoxy) is 1. The van der Waals surface area contributed by atoms with Gasteiger partial charge in [0, 0.05) is 73.9 Å². The highest BCUT2D eigenvalue weighted by Crippen LogP contribution is 2.42. The summed E-state index contributed by atoms with van der Waals surface area (Å²) >= 11 is 2.51. The van der Waals surface area contributed by atoms with Crippen molar-refractivity contribution in [1.29, 1.82) is 0 Å². The number of nitrogens with zero attached hydrogens (tertiary/aromatic N) is 2. The van der Waals surface area contributed by atoms with Crippen LogP contribution in [0.25, 0.3) is 0 Å². The van der Waals surface area contributed by atoms with Gasteiger partial charge in [-0.05, 0) is 29.8 Å². The molecular weight excluding hydrogens is 512 g/mol. The molecule has 0 aliphatic carbocycles. The molecule has 1 aliphatic rings. The first-order valence-electron chi connectivity index (χ1n) is 12.7. The van der Waals surface area contributed by atoms with Gasteiger partial charge in [-0.2, -0.15) is 0 Å². The van der Waals surface area contributed by atoms with Crippen molar-refractivity contribution in [2.24, 2.45) is 0 Å². The average Bonchev–Trinajstić information content (AvgIpc) is 2.90. The van der Waals surface area contributed by atoms with Gasteiger partial charge in [-0.25, -0.2) is 0 Å². The summed E-state index contributed by atoms with van der Waals surface area (Å²) in [5, 5.41) is 0.226. The Bertz CT molecular complexity index is 1160. The molecule has 0 N–H and O–H groups in total. The van der Waals surface area contributed by atoms with Crippen LogP contribution in [-0.2, 0) is 16.0 Å². The molecule has 0 aromatic heterocycles. The molecule has 1 aliphatic heterocycles. The van der Waals surface area contributed by atoms with Crippen LogP contribution in [0.4, 0.5) is 0 Å². The normalized spacial score (nSPS) is 11.8. The minimum atomic E-state index is 0.108. The van der Waals surface area contributed by atoms with E-state index in [-0.39, 0.29) is 10.2 Å². The number of rotatable bonds is 16. The first-order chi connectivity index (χ1) is 18.5. The predicted molar refractivity (Wildman–Crippen MR) is 160 cm³/mol. The molecule has 38 heavy (non-hydrogen) atoms. The Morgan fingerprint density at radius 2 is 1.37 bits per heavy atom. The third-order valence-electron chi connectivity index (χ3n) is 5.98. The lowest BCUT2D eigenvalue weighted by molar-refractivity contribution is -0.112. The summed E-state index contributed by atoms with van der Waals surface area (Å²) in [6.45, 7) is 19.4. The molecule has 7 heteroatoms. The van der Waals surface area contributed by atoms with Crippen molar-refractivity contribution in [3.05, 3.63) is 98.1 Å². The molecule has 1 heterocycles. The van der Waals surface area contributed by atoms with Gasteiger partial charge in [0.2, 0.25) is 0 Å². The summed E-state index contributed by atoms with van der Waals surface area (Å²) in [4.78, 5) is 31.4. The van der Waals surface area contributed by atoms with Gasteiger partial charge < -0.3 is 4.74 Å². The zero-order valence-corrected chi connectivity index (χ0v) is 23.5. The lowest BCUT2D eigenvalue weighted by atomic mass is 10.0. The van der Waals surface area contributed by atoms with Crippen LogP contribution in [0, 0.1) is 0 Å². The molecule has 2 aromatic carbocycles. The highest BCUT2D eigenvalue weighted by Gasteiger charge is 2.22. The maximum atomic E-state index is 12.8. The molecule has 0 saturated carbocycles. The molecule has 0 spiro atoms. The summed E-state index contributed by atoms with van der Waals surface area (Å²) in [5.41, 5.74) is 2.06. The van der Waals surface area contributed by atoms with Crippen LogP contribution in [0.15, 0.2) is 96.8 Å². The van der Waals surface area contributed by atoms with Gasteiger partial charge in [0.1, 0.15) is 11.5 Å². The fourth-order valence-electron chi connectivity index (χ4n) is 4.16. The van der Waals surface area contributed by atoms with Gasteiger partial charge in [0.05, 0.1) is 0 Å². The average molecular weight is 549 g/mol. The van der Waals surface area contributed by atoms with Gasteiger partial charge in [-0.3, -0.25) is 19.4 Å². The predicted octanol–water partition coefficient (Wildman–Crippen LogP) is 6.75. The van der Waals surface area contributed by atoms with Crippen LogP contribution < -0.4 is 4.74 Å². The second-order valence-electron chi connectivity index (χ2n) is 8.90. The molecule has 0 radical (unpaired) electrons. The minimum Gasteiger partial charge on any atom is -0.457 e. The summed E-state index contributed by atoms with van der Waals surface area (Å²) in [5.74, 6) is 1.52. The van der Waals surface area contributed by atoms with Gasteiger partial charge in [0.25, 0.3) is 0 Å². The van der Waals surface area contributed by atoms with E-state index in [9.17, 15) is 9.59 Å². The number of thioether (sulfide) groups is 2. The topological polar surface area (TPSA) is 49.9 Å². The van der Waals surface area contributed by atoms with Crippen molar-refractivity contribution in [3.8, 4) is 11.5 Å². The maximum Gasteiger partial charge on any atom is 0.194 e. The molecule has 200 valence electrons. The monoisotopic (exact) mass is 548 g/mol. The van der Waals surface area contributed by atoms with Crippen LogP contribution in [0.1, 0.15) is 24.0 Å². The molecule has 0 atom stereocenters. The summed E-state index contributed by atoms with van der Waals surface area (Å²) in [6, 6.07) is 11.7. The van der Waals surface area contributed by atoms with E-state index in [0.717, 1.165) is 58.6 Å². The van der Waals surface area contributed by atoms with Crippen molar-refractivity contribution >= 4 is 33.8 Å². The SMILES string of the molecule is C=CCN(CC=C)CCC(=O)Sc1ccc2c(c1)Oc1cccc(SC(=O)CCN(CC=C)CC=C)c1C2. The van der Waals surface area contributed by atoms with Crippen molar-refractivity contribution in [1.82, 2.24) is 9.80 Å². The van der Waals surface area contributed by atoms with Crippen LogP contribution in [-0.4, -0.2) is 59.3 Å². The highest BCUT2D eigenvalue weighted by atomic mass is 32.2. The number of hydrogen-bond acceptors (Lipinski definition) is 7.